The first-order chi connectivity index (χ1) is 21.9. The van der Waals surface area contributed by atoms with E-state index in [1.165, 1.54) is 11.1 Å². The zero-order valence-corrected chi connectivity index (χ0v) is 26.3. The SMILES string of the molecule is CNCCCC1NC(CNC(=O)c2ccc3ccccc3c2)CCN(CC(C)(c2ccccc2)c2ccccc2)C1=O.N=CN. The second kappa shape index (κ2) is 16.5. The van der Waals surface area contributed by atoms with Gasteiger partial charge in [0.15, 0.2) is 0 Å². The van der Waals surface area contributed by atoms with E-state index in [-0.39, 0.29) is 29.3 Å². The molecule has 2 atom stereocenters. The molecule has 8 nitrogen and oxygen atoms in total. The molecule has 0 radical (unpaired) electrons. The van der Waals surface area contributed by atoms with E-state index in [1.54, 1.807) is 0 Å². The first-order valence-corrected chi connectivity index (χ1v) is 15.7. The number of nitrogens with zero attached hydrogens (tertiary/aromatic N) is 1. The summed E-state index contributed by atoms with van der Waals surface area (Å²) in [7, 11) is 1.94. The average molecular weight is 607 g/mol. The Bertz CT molecular complexity index is 1490. The summed E-state index contributed by atoms with van der Waals surface area (Å²) in [4.78, 5) is 29.2. The quantitative estimate of drug-likeness (QED) is 0.0964. The summed E-state index contributed by atoms with van der Waals surface area (Å²) >= 11 is 0. The van der Waals surface area contributed by atoms with E-state index in [2.05, 4.69) is 77.1 Å². The summed E-state index contributed by atoms with van der Waals surface area (Å²) in [5.74, 6) is 0.0370. The van der Waals surface area contributed by atoms with Crippen molar-refractivity contribution in [3.8, 4) is 0 Å². The molecular weight excluding hydrogens is 560 g/mol. The Morgan fingerprint density at radius 1 is 0.978 bits per heavy atom. The van der Waals surface area contributed by atoms with E-state index in [4.69, 9.17) is 5.41 Å². The fourth-order valence-corrected chi connectivity index (χ4v) is 6.08. The molecule has 0 saturated carbocycles. The number of carbonyl (C=O) groups is 2. The van der Waals surface area contributed by atoms with Crippen molar-refractivity contribution in [2.24, 2.45) is 5.73 Å². The molecule has 2 amide bonds. The summed E-state index contributed by atoms with van der Waals surface area (Å²) in [6, 6.07) is 34.5. The monoisotopic (exact) mass is 606 g/mol. The lowest BCUT2D eigenvalue weighted by Gasteiger charge is -2.37. The smallest absolute Gasteiger partial charge is 0.251 e. The molecule has 8 heteroatoms. The van der Waals surface area contributed by atoms with E-state index in [0.717, 1.165) is 42.9 Å². The van der Waals surface area contributed by atoms with Gasteiger partial charge in [0.25, 0.3) is 5.91 Å². The van der Waals surface area contributed by atoms with Crippen LogP contribution in [0.2, 0.25) is 0 Å². The van der Waals surface area contributed by atoms with Gasteiger partial charge in [-0.3, -0.25) is 15.0 Å². The van der Waals surface area contributed by atoms with Crippen molar-refractivity contribution in [1.29, 1.82) is 5.41 Å². The lowest BCUT2D eigenvalue weighted by Crippen LogP contribution is -2.50. The number of amides is 2. The highest BCUT2D eigenvalue weighted by atomic mass is 16.2. The van der Waals surface area contributed by atoms with Gasteiger partial charge in [-0.15, -0.1) is 0 Å². The second-order valence-electron chi connectivity index (χ2n) is 11.7. The number of rotatable bonds is 11. The van der Waals surface area contributed by atoms with E-state index >= 15 is 0 Å². The minimum Gasteiger partial charge on any atom is -0.390 e. The third kappa shape index (κ3) is 8.77. The number of hydrogen-bond donors (Lipinski definition) is 5. The first kappa shape index (κ1) is 33.4. The largest absolute Gasteiger partial charge is 0.390 e. The van der Waals surface area contributed by atoms with Crippen molar-refractivity contribution in [2.75, 3.05) is 33.2 Å². The van der Waals surface area contributed by atoms with Crippen molar-refractivity contribution in [3.63, 3.8) is 0 Å². The minimum absolute atomic E-state index is 0.0114. The Morgan fingerprint density at radius 2 is 1.58 bits per heavy atom. The Hall–Kier alpha value is -4.53. The van der Waals surface area contributed by atoms with Crippen LogP contribution in [0, 0.1) is 5.41 Å². The van der Waals surface area contributed by atoms with E-state index in [1.807, 2.05) is 66.5 Å². The third-order valence-electron chi connectivity index (χ3n) is 8.56. The maximum Gasteiger partial charge on any atom is 0.251 e. The van der Waals surface area contributed by atoms with Gasteiger partial charge in [-0.05, 0) is 73.8 Å². The molecule has 2 unspecified atom stereocenters. The predicted molar refractivity (Wildman–Crippen MR) is 184 cm³/mol. The molecule has 1 fully saturated rings. The van der Waals surface area contributed by atoms with Crippen LogP contribution in [-0.2, 0) is 10.2 Å². The average Bonchev–Trinajstić information content (AvgIpc) is 3.22. The lowest BCUT2D eigenvalue weighted by atomic mass is 9.75. The Morgan fingerprint density at radius 3 is 2.20 bits per heavy atom. The van der Waals surface area contributed by atoms with Crippen LogP contribution in [0.3, 0.4) is 0 Å². The van der Waals surface area contributed by atoms with Crippen molar-refractivity contribution in [1.82, 2.24) is 20.9 Å². The van der Waals surface area contributed by atoms with Crippen LogP contribution < -0.4 is 21.7 Å². The van der Waals surface area contributed by atoms with Gasteiger partial charge in [-0.1, -0.05) is 91.0 Å². The number of hydrogen-bond acceptors (Lipinski definition) is 5. The van der Waals surface area contributed by atoms with Crippen LogP contribution in [0.1, 0.15) is 47.7 Å². The third-order valence-corrected chi connectivity index (χ3v) is 8.56. The molecule has 4 aromatic rings. The van der Waals surface area contributed by atoms with E-state index in [0.29, 0.717) is 25.2 Å². The van der Waals surface area contributed by atoms with Crippen LogP contribution in [0.4, 0.5) is 0 Å². The maximum atomic E-state index is 14.1. The van der Waals surface area contributed by atoms with Crippen LogP contribution in [-0.4, -0.2) is 68.4 Å². The summed E-state index contributed by atoms with van der Waals surface area (Å²) in [5.41, 5.74) is 7.05. The van der Waals surface area contributed by atoms with Crippen molar-refractivity contribution in [2.45, 2.75) is 43.7 Å². The molecule has 0 bridgehead atoms. The Kier molecular flexibility index (Phi) is 12.2. The Balaban J connectivity index is 0.00000148. The van der Waals surface area contributed by atoms with Gasteiger partial charge in [0, 0.05) is 36.7 Å². The topological polar surface area (TPSA) is 123 Å². The highest BCUT2D eigenvalue weighted by Crippen LogP contribution is 2.33. The van der Waals surface area contributed by atoms with Crippen LogP contribution in [0.15, 0.2) is 103 Å². The lowest BCUT2D eigenvalue weighted by molar-refractivity contribution is -0.133. The molecule has 6 N–H and O–H groups in total. The standard InChI is InChI=1S/C36H42N4O2.CH4N2/c1-36(30-14-5-3-6-15-30,31-16-7-4-8-17-31)26-40-23-21-32(39-33(35(40)42)18-11-22-37-2)25-38-34(41)29-20-19-27-12-9-10-13-28(27)24-29;2-1-3/h3-10,12-17,19-20,24,32-33,37,39H,11,18,21-23,25-26H2,1-2H3,(H,38,41);1H,(H3,2,3). The molecule has 45 heavy (non-hydrogen) atoms. The molecule has 1 heterocycles. The highest BCUT2D eigenvalue weighted by molar-refractivity contribution is 5.98. The van der Waals surface area contributed by atoms with Gasteiger partial charge in [-0.25, -0.2) is 0 Å². The van der Waals surface area contributed by atoms with Gasteiger partial charge < -0.3 is 26.6 Å². The molecule has 0 aliphatic carbocycles. The maximum absolute atomic E-state index is 14.1. The Labute approximate surface area is 266 Å². The van der Waals surface area contributed by atoms with Crippen LogP contribution >= 0.6 is 0 Å². The summed E-state index contributed by atoms with van der Waals surface area (Å²) in [6.45, 7) is 4.76. The molecule has 0 aromatic heterocycles. The van der Waals surface area contributed by atoms with Gasteiger partial charge in [-0.2, -0.15) is 0 Å². The van der Waals surface area contributed by atoms with Crippen LogP contribution in [0.25, 0.3) is 10.8 Å². The zero-order chi connectivity index (χ0) is 32.1. The predicted octanol–water partition coefficient (Wildman–Crippen LogP) is 4.69. The molecular formula is C37H46N6O2. The van der Waals surface area contributed by atoms with Crippen molar-refractivity contribution in [3.05, 3.63) is 120 Å². The number of nitrogens with two attached hydrogens (primary N) is 1. The summed E-state index contributed by atoms with van der Waals surface area (Å²) < 4.78 is 0. The molecule has 236 valence electrons. The highest BCUT2D eigenvalue weighted by Gasteiger charge is 2.37. The fourth-order valence-electron chi connectivity index (χ4n) is 6.08. The van der Waals surface area contributed by atoms with Gasteiger partial charge >= 0.3 is 0 Å². The summed E-state index contributed by atoms with van der Waals surface area (Å²) in [6.07, 6.45) is 3.13. The van der Waals surface area contributed by atoms with E-state index < -0.39 is 0 Å². The van der Waals surface area contributed by atoms with Crippen LogP contribution in [0.5, 0.6) is 0 Å². The zero-order valence-electron chi connectivity index (χ0n) is 26.3. The molecule has 0 spiro atoms. The number of carbonyl (C=O) groups excluding carboxylic acids is 2. The molecule has 1 aliphatic rings. The molecule has 1 aliphatic heterocycles. The number of fused-ring (bicyclic) bond motifs is 1. The van der Waals surface area contributed by atoms with Crippen molar-refractivity contribution >= 4 is 28.9 Å². The normalized spacial score (nSPS) is 16.8. The van der Waals surface area contributed by atoms with Crippen molar-refractivity contribution < 1.29 is 9.59 Å². The molecule has 4 aromatic carbocycles. The second-order valence-corrected chi connectivity index (χ2v) is 11.7. The molecule has 5 rings (SSSR count). The minimum atomic E-state index is -0.363. The first-order valence-electron chi connectivity index (χ1n) is 15.7. The number of benzene rings is 4. The van der Waals surface area contributed by atoms with Gasteiger partial charge in [0.2, 0.25) is 5.91 Å². The fraction of sp³-hybridized carbons (Fsp3) is 0.324. The molecule has 1 saturated heterocycles. The van der Waals surface area contributed by atoms with E-state index in [9.17, 15) is 9.59 Å². The number of nitrogens with one attached hydrogen (secondary N) is 4. The van der Waals surface area contributed by atoms with Gasteiger partial charge in [0.1, 0.15) is 0 Å². The van der Waals surface area contributed by atoms with Gasteiger partial charge in [0.05, 0.1) is 12.4 Å². The summed E-state index contributed by atoms with van der Waals surface area (Å²) in [5, 5.41) is 18.0.